The molecule has 21 heavy (non-hydrogen) atoms. The summed E-state index contributed by atoms with van der Waals surface area (Å²) in [6, 6.07) is 8.56. The summed E-state index contributed by atoms with van der Waals surface area (Å²) in [7, 11) is 1.69. The van der Waals surface area contributed by atoms with Crippen LogP contribution in [0.4, 0.5) is 0 Å². The number of nitrogens with one attached hydrogen (secondary N) is 1. The van der Waals surface area contributed by atoms with Crippen molar-refractivity contribution < 1.29 is 14.2 Å². The van der Waals surface area contributed by atoms with Crippen LogP contribution in [0.2, 0.25) is 0 Å². The van der Waals surface area contributed by atoms with E-state index in [1.165, 1.54) is 5.56 Å². The average Bonchev–Trinajstić information content (AvgIpc) is 2.46. The maximum absolute atomic E-state index is 6.08. The van der Waals surface area contributed by atoms with Crippen LogP contribution in [0, 0.1) is 6.92 Å². The molecular formula is C17H27NO3. The molecule has 1 N–H and O–H groups in total. The van der Waals surface area contributed by atoms with E-state index in [0.717, 1.165) is 25.1 Å². The highest BCUT2D eigenvalue weighted by atomic mass is 16.6. The van der Waals surface area contributed by atoms with Crippen LogP contribution >= 0.6 is 0 Å². The molecule has 4 nitrogen and oxygen atoms in total. The first kappa shape index (κ1) is 16.3. The molecule has 118 valence electrons. The standard InChI is InChI=1S/C17H27NO3/c1-4-8-18-15-12-16(17(15)20-10-9-19-3)21-14-7-5-6-13(2)11-14/h5-7,11,15-18H,4,8-10,12H2,1-3H3. The lowest BCUT2D eigenvalue weighted by Gasteiger charge is -2.44. The summed E-state index contributed by atoms with van der Waals surface area (Å²) in [6.07, 6.45) is 2.35. The molecule has 3 atom stereocenters. The fourth-order valence-electron chi connectivity index (χ4n) is 2.58. The molecule has 3 unspecified atom stereocenters. The highest BCUT2D eigenvalue weighted by molar-refractivity contribution is 5.28. The Morgan fingerprint density at radius 1 is 1.29 bits per heavy atom. The van der Waals surface area contributed by atoms with E-state index in [2.05, 4.69) is 31.3 Å². The second-order valence-electron chi connectivity index (χ2n) is 5.60. The molecule has 0 bridgehead atoms. The van der Waals surface area contributed by atoms with Gasteiger partial charge in [0.1, 0.15) is 18.0 Å². The summed E-state index contributed by atoms with van der Waals surface area (Å²) in [5, 5.41) is 3.53. The van der Waals surface area contributed by atoms with E-state index >= 15 is 0 Å². The van der Waals surface area contributed by atoms with Crippen molar-refractivity contribution in [3.63, 3.8) is 0 Å². The fraction of sp³-hybridized carbons (Fsp3) is 0.647. The third kappa shape index (κ3) is 4.70. The van der Waals surface area contributed by atoms with E-state index in [9.17, 15) is 0 Å². The van der Waals surface area contributed by atoms with Gasteiger partial charge in [-0.25, -0.2) is 0 Å². The predicted octanol–water partition coefficient (Wildman–Crippen LogP) is 2.55. The van der Waals surface area contributed by atoms with Crippen LogP contribution in [0.1, 0.15) is 25.3 Å². The monoisotopic (exact) mass is 293 g/mol. The van der Waals surface area contributed by atoms with Crippen LogP contribution in [-0.4, -0.2) is 45.1 Å². The Labute approximate surface area is 127 Å². The van der Waals surface area contributed by atoms with Gasteiger partial charge < -0.3 is 19.5 Å². The number of hydrogen-bond donors (Lipinski definition) is 1. The summed E-state index contributed by atoms with van der Waals surface area (Å²) in [5.41, 5.74) is 1.21. The molecule has 0 amide bonds. The molecule has 0 spiro atoms. The Morgan fingerprint density at radius 2 is 2.14 bits per heavy atom. The Morgan fingerprint density at radius 3 is 2.86 bits per heavy atom. The zero-order valence-corrected chi connectivity index (χ0v) is 13.3. The second kappa shape index (κ2) is 8.37. The number of methoxy groups -OCH3 is 1. The maximum atomic E-state index is 6.08. The van der Waals surface area contributed by atoms with Gasteiger partial charge in [-0.15, -0.1) is 0 Å². The van der Waals surface area contributed by atoms with Gasteiger partial charge in [-0.05, 0) is 37.6 Å². The van der Waals surface area contributed by atoms with Crippen molar-refractivity contribution in [2.75, 3.05) is 26.9 Å². The van der Waals surface area contributed by atoms with Crippen LogP contribution in [0.15, 0.2) is 24.3 Å². The Balaban J connectivity index is 1.88. The minimum absolute atomic E-state index is 0.104. The largest absolute Gasteiger partial charge is 0.488 e. The van der Waals surface area contributed by atoms with E-state index in [0.29, 0.717) is 19.3 Å². The molecule has 1 aromatic carbocycles. The minimum Gasteiger partial charge on any atom is -0.488 e. The van der Waals surface area contributed by atoms with Gasteiger partial charge in [-0.3, -0.25) is 0 Å². The van der Waals surface area contributed by atoms with Gasteiger partial charge in [0.25, 0.3) is 0 Å². The molecule has 1 aliphatic carbocycles. The predicted molar refractivity (Wildman–Crippen MR) is 83.9 cm³/mol. The first-order valence-electron chi connectivity index (χ1n) is 7.81. The number of benzene rings is 1. The molecule has 2 rings (SSSR count). The van der Waals surface area contributed by atoms with Crippen LogP contribution in [-0.2, 0) is 9.47 Å². The van der Waals surface area contributed by atoms with Crippen molar-refractivity contribution in [1.29, 1.82) is 0 Å². The van der Waals surface area contributed by atoms with Crippen LogP contribution in [0.5, 0.6) is 5.75 Å². The smallest absolute Gasteiger partial charge is 0.128 e. The van der Waals surface area contributed by atoms with E-state index in [1.807, 2.05) is 12.1 Å². The number of ether oxygens (including phenoxy) is 3. The molecule has 0 saturated heterocycles. The molecule has 0 radical (unpaired) electrons. The lowest BCUT2D eigenvalue weighted by Crippen LogP contribution is -2.61. The molecule has 4 heteroatoms. The van der Waals surface area contributed by atoms with Gasteiger partial charge >= 0.3 is 0 Å². The van der Waals surface area contributed by atoms with Gasteiger partial charge in [0, 0.05) is 19.6 Å². The van der Waals surface area contributed by atoms with Crippen molar-refractivity contribution in [3.05, 3.63) is 29.8 Å². The molecule has 0 aromatic heterocycles. The highest BCUT2D eigenvalue weighted by Gasteiger charge is 2.43. The number of aryl methyl sites for hydroxylation is 1. The highest BCUT2D eigenvalue weighted by Crippen LogP contribution is 2.29. The lowest BCUT2D eigenvalue weighted by atomic mass is 9.85. The molecule has 1 saturated carbocycles. The first-order valence-corrected chi connectivity index (χ1v) is 7.81. The summed E-state index contributed by atoms with van der Waals surface area (Å²) in [5.74, 6) is 0.925. The Bertz CT molecular complexity index is 424. The van der Waals surface area contributed by atoms with Crippen LogP contribution in [0.3, 0.4) is 0 Å². The summed E-state index contributed by atoms with van der Waals surface area (Å²) >= 11 is 0. The molecule has 1 aromatic rings. The van der Waals surface area contributed by atoms with Gasteiger partial charge in [0.15, 0.2) is 0 Å². The Kier molecular flexibility index (Phi) is 6.49. The normalized spacial score (nSPS) is 24.6. The molecule has 1 aliphatic rings. The lowest BCUT2D eigenvalue weighted by molar-refractivity contribution is -0.115. The van der Waals surface area contributed by atoms with Gasteiger partial charge in [-0.2, -0.15) is 0 Å². The van der Waals surface area contributed by atoms with Crippen molar-refractivity contribution in [1.82, 2.24) is 5.32 Å². The quantitative estimate of drug-likeness (QED) is 0.710. The minimum atomic E-state index is 0.104. The number of hydrogen-bond acceptors (Lipinski definition) is 4. The van der Waals surface area contributed by atoms with Gasteiger partial charge in [0.2, 0.25) is 0 Å². The second-order valence-corrected chi connectivity index (χ2v) is 5.60. The molecule has 0 aliphatic heterocycles. The topological polar surface area (TPSA) is 39.7 Å². The van der Waals surface area contributed by atoms with Crippen LogP contribution in [0.25, 0.3) is 0 Å². The van der Waals surface area contributed by atoms with Crippen LogP contribution < -0.4 is 10.1 Å². The summed E-state index contributed by atoms with van der Waals surface area (Å²) in [4.78, 5) is 0. The number of rotatable bonds is 9. The van der Waals surface area contributed by atoms with E-state index < -0.39 is 0 Å². The molecule has 1 fully saturated rings. The first-order chi connectivity index (χ1) is 10.2. The SMILES string of the molecule is CCCNC1CC(Oc2cccc(C)c2)C1OCCOC. The van der Waals surface area contributed by atoms with Crippen molar-refractivity contribution in [2.24, 2.45) is 0 Å². The Hall–Kier alpha value is -1.10. The molecular weight excluding hydrogens is 266 g/mol. The third-order valence-electron chi connectivity index (χ3n) is 3.78. The maximum Gasteiger partial charge on any atom is 0.128 e. The molecule has 0 heterocycles. The average molecular weight is 293 g/mol. The van der Waals surface area contributed by atoms with E-state index in [-0.39, 0.29) is 12.2 Å². The van der Waals surface area contributed by atoms with Crippen molar-refractivity contribution >= 4 is 0 Å². The van der Waals surface area contributed by atoms with Crippen molar-refractivity contribution in [3.8, 4) is 5.75 Å². The third-order valence-corrected chi connectivity index (χ3v) is 3.78. The van der Waals surface area contributed by atoms with E-state index in [1.54, 1.807) is 7.11 Å². The van der Waals surface area contributed by atoms with Crippen molar-refractivity contribution in [2.45, 2.75) is 44.9 Å². The summed E-state index contributed by atoms with van der Waals surface area (Å²) in [6.45, 7) is 6.50. The van der Waals surface area contributed by atoms with E-state index in [4.69, 9.17) is 14.2 Å². The summed E-state index contributed by atoms with van der Waals surface area (Å²) < 4.78 is 17.1. The van der Waals surface area contributed by atoms with Gasteiger partial charge in [0.05, 0.1) is 13.2 Å². The zero-order valence-electron chi connectivity index (χ0n) is 13.3. The fourth-order valence-corrected chi connectivity index (χ4v) is 2.58. The van der Waals surface area contributed by atoms with Gasteiger partial charge in [-0.1, -0.05) is 19.1 Å². The zero-order chi connectivity index (χ0) is 15.1.